The van der Waals surface area contributed by atoms with Crippen molar-refractivity contribution in [1.82, 2.24) is 4.98 Å². The van der Waals surface area contributed by atoms with Crippen molar-refractivity contribution >= 4 is 28.6 Å². The second kappa shape index (κ2) is 7.06. The summed E-state index contributed by atoms with van der Waals surface area (Å²) in [6.45, 7) is 1.86. The molecular weight excluding hydrogens is 300 g/mol. The highest BCUT2D eigenvalue weighted by molar-refractivity contribution is 6.03. The summed E-state index contributed by atoms with van der Waals surface area (Å²) in [6, 6.07) is 15.2. The Labute approximate surface area is 140 Å². The Morgan fingerprint density at radius 2 is 2.04 bits per heavy atom. The van der Waals surface area contributed by atoms with E-state index in [0.717, 1.165) is 27.6 Å². The van der Waals surface area contributed by atoms with Crippen LogP contribution in [0.5, 0.6) is 0 Å². The minimum absolute atomic E-state index is 0.0549. The number of pyridine rings is 1. The van der Waals surface area contributed by atoms with Crippen molar-refractivity contribution in [2.75, 3.05) is 5.32 Å². The molecule has 1 heterocycles. The molecule has 0 aliphatic rings. The Balaban J connectivity index is 1.80. The molecule has 0 saturated heterocycles. The highest BCUT2D eigenvalue weighted by atomic mass is 16.3. The second-order valence-corrected chi connectivity index (χ2v) is 5.55. The van der Waals surface area contributed by atoms with E-state index in [1.54, 1.807) is 18.3 Å². The van der Waals surface area contributed by atoms with Gasteiger partial charge in [-0.1, -0.05) is 36.4 Å². The van der Waals surface area contributed by atoms with Gasteiger partial charge in [-0.3, -0.25) is 9.78 Å². The topological polar surface area (TPSA) is 62.2 Å². The van der Waals surface area contributed by atoms with Crippen molar-refractivity contribution < 1.29 is 9.90 Å². The number of anilines is 1. The Kier molecular flexibility index (Phi) is 4.68. The van der Waals surface area contributed by atoms with Crippen molar-refractivity contribution in [3.05, 3.63) is 77.5 Å². The molecule has 0 saturated carbocycles. The lowest BCUT2D eigenvalue weighted by Crippen LogP contribution is -2.09. The maximum absolute atomic E-state index is 12.2. The molecule has 0 fully saturated rings. The minimum atomic E-state index is -0.221. The van der Waals surface area contributed by atoms with E-state index in [1.165, 1.54) is 6.08 Å². The summed E-state index contributed by atoms with van der Waals surface area (Å²) in [6.07, 6.45) is 4.99. The Hall–Kier alpha value is -2.98. The largest absolute Gasteiger partial charge is 0.392 e. The SMILES string of the molecule is Cc1ccc(CO)cc1NC(=O)/C=C/c1cccc2cccnc12. The van der Waals surface area contributed by atoms with Crippen LogP contribution in [0.15, 0.2) is 60.8 Å². The zero-order chi connectivity index (χ0) is 16.9. The number of aromatic nitrogens is 1. The molecule has 24 heavy (non-hydrogen) atoms. The molecular formula is C20H18N2O2. The lowest BCUT2D eigenvalue weighted by atomic mass is 10.1. The van der Waals surface area contributed by atoms with Gasteiger partial charge in [-0.2, -0.15) is 0 Å². The van der Waals surface area contributed by atoms with Gasteiger partial charge in [-0.15, -0.1) is 0 Å². The van der Waals surface area contributed by atoms with Gasteiger partial charge in [-0.25, -0.2) is 0 Å². The number of benzene rings is 2. The third kappa shape index (κ3) is 3.50. The summed E-state index contributed by atoms with van der Waals surface area (Å²) in [4.78, 5) is 16.6. The van der Waals surface area contributed by atoms with E-state index in [1.807, 2.05) is 49.4 Å². The Morgan fingerprint density at radius 1 is 1.21 bits per heavy atom. The van der Waals surface area contributed by atoms with Crippen LogP contribution in [0.3, 0.4) is 0 Å². The van der Waals surface area contributed by atoms with E-state index in [9.17, 15) is 9.90 Å². The van der Waals surface area contributed by atoms with Crippen molar-refractivity contribution in [3.63, 3.8) is 0 Å². The average molecular weight is 318 g/mol. The highest BCUT2D eigenvalue weighted by Gasteiger charge is 2.04. The molecule has 4 nitrogen and oxygen atoms in total. The normalized spacial score (nSPS) is 11.1. The van der Waals surface area contributed by atoms with Crippen molar-refractivity contribution in [2.24, 2.45) is 0 Å². The fraction of sp³-hybridized carbons (Fsp3) is 0.100. The zero-order valence-electron chi connectivity index (χ0n) is 13.4. The smallest absolute Gasteiger partial charge is 0.248 e. The van der Waals surface area contributed by atoms with Crippen LogP contribution in [0.2, 0.25) is 0 Å². The number of fused-ring (bicyclic) bond motifs is 1. The average Bonchev–Trinajstić information content (AvgIpc) is 2.61. The van der Waals surface area contributed by atoms with Crippen LogP contribution in [0.4, 0.5) is 5.69 Å². The number of aryl methyl sites for hydroxylation is 1. The highest BCUT2D eigenvalue weighted by Crippen LogP contribution is 2.19. The van der Waals surface area contributed by atoms with Crippen molar-refractivity contribution in [2.45, 2.75) is 13.5 Å². The number of hydrogen-bond donors (Lipinski definition) is 2. The van der Waals surface area contributed by atoms with Gasteiger partial charge in [-0.05, 0) is 36.3 Å². The molecule has 3 aromatic rings. The van der Waals surface area contributed by atoms with Gasteiger partial charge in [0.05, 0.1) is 12.1 Å². The zero-order valence-corrected chi connectivity index (χ0v) is 13.4. The van der Waals surface area contributed by atoms with Gasteiger partial charge in [0.15, 0.2) is 0 Å². The van der Waals surface area contributed by atoms with Crippen molar-refractivity contribution in [3.8, 4) is 0 Å². The first-order chi connectivity index (χ1) is 11.7. The van der Waals surface area contributed by atoms with E-state index in [-0.39, 0.29) is 12.5 Å². The predicted octanol–water partition coefficient (Wildman–Crippen LogP) is 3.69. The van der Waals surface area contributed by atoms with E-state index in [4.69, 9.17) is 0 Å². The fourth-order valence-electron chi connectivity index (χ4n) is 2.50. The Morgan fingerprint density at radius 3 is 2.88 bits per heavy atom. The molecule has 4 heteroatoms. The third-order valence-corrected chi connectivity index (χ3v) is 3.82. The van der Waals surface area contributed by atoms with Crippen LogP contribution in [-0.2, 0) is 11.4 Å². The van der Waals surface area contributed by atoms with Crippen LogP contribution in [0, 0.1) is 6.92 Å². The first kappa shape index (κ1) is 15.9. The summed E-state index contributed by atoms with van der Waals surface area (Å²) < 4.78 is 0. The van der Waals surface area contributed by atoms with Crippen LogP contribution >= 0.6 is 0 Å². The van der Waals surface area contributed by atoms with E-state index in [0.29, 0.717) is 5.69 Å². The molecule has 0 radical (unpaired) electrons. The lowest BCUT2D eigenvalue weighted by molar-refractivity contribution is -0.111. The van der Waals surface area contributed by atoms with E-state index >= 15 is 0 Å². The number of aliphatic hydroxyl groups excluding tert-OH is 1. The molecule has 0 bridgehead atoms. The number of rotatable bonds is 4. The number of carbonyl (C=O) groups is 1. The summed E-state index contributed by atoms with van der Waals surface area (Å²) in [5.74, 6) is -0.221. The monoisotopic (exact) mass is 318 g/mol. The van der Waals surface area contributed by atoms with E-state index in [2.05, 4.69) is 10.3 Å². The van der Waals surface area contributed by atoms with Gasteiger partial charge in [0, 0.05) is 28.9 Å². The Bertz CT molecular complexity index is 911. The number of nitrogens with one attached hydrogen (secondary N) is 1. The summed E-state index contributed by atoms with van der Waals surface area (Å²) >= 11 is 0. The molecule has 1 aromatic heterocycles. The molecule has 0 unspecified atom stereocenters. The van der Waals surface area contributed by atoms with Crippen LogP contribution in [0.1, 0.15) is 16.7 Å². The third-order valence-electron chi connectivity index (χ3n) is 3.82. The lowest BCUT2D eigenvalue weighted by Gasteiger charge is -2.08. The van der Waals surface area contributed by atoms with Gasteiger partial charge < -0.3 is 10.4 Å². The predicted molar refractivity (Wildman–Crippen MR) is 96.5 cm³/mol. The fourth-order valence-corrected chi connectivity index (χ4v) is 2.50. The molecule has 2 aromatic carbocycles. The number of nitrogens with zero attached hydrogens (tertiary/aromatic N) is 1. The second-order valence-electron chi connectivity index (χ2n) is 5.55. The van der Waals surface area contributed by atoms with Crippen molar-refractivity contribution in [1.29, 1.82) is 0 Å². The van der Waals surface area contributed by atoms with Crippen LogP contribution < -0.4 is 5.32 Å². The van der Waals surface area contributed by atoms with Crippen LogP contribution in [-0.4, -0.2) is 16.0 Å². The van der Waals surface area contributed by atoms with Gasteiger partial charge in [0.2, 0.25) is 5.91 Å². The number of aliphatic hydroxyl groups is 1. The number of carbonyl (C=O) groups excluding carboxylic acids is 1. The van der Waals surface area contributed by atoms with Gasteiger partial charge in [0.1, 0.15) is 0 Å². The molecule has 0 spiro atoms. The van der Waals surface area contributed by atoms with Crippen LogP contribution in [0.25, 0.3) is 17.0 Å². The standard InChI is InChI=1S/C20H18N2O2/c1-14-7-8-15(13-23)12-18(14)22-19(24)10-9-17-5-2-4-16-6-3-11-21-20(16)17/h2-12,23H,13H2,1H3,(H,22,24)/b10-9+. The number of amides is 1. The quantitative estimate of drug-likeness (QED) is 0.721. The number of hydrogen-bond acceptors (Lipinski definition) is 3. The molecule has 2 N–H and O–H groups in total. The molecule has 3 rings (SSSR count). The first-order valence-electron chi connectivity index (χ1n) is 7.70. The maximum atomic E-state index is 12.2. The van der Waals surface area contributed by atoms with E-state index < -0.39 is 0 Å². The summed E-state index contributed by atoms with van der Waals surface area (Å²) in [7, 11) is 0. The summed E-state index contributed by atoms with van der Waals surface area (Å²) in [5.41, 5.74) is 4.16. The molecule has 120 valence electrons. The summed E-state index contributed by atoms with van der Waals surface area (Å²) in [5, 5.41) is 13.1. The maximum Gasteiger partial charge on any atom is 0.248 e. The molecule has 0 atom stereocenters. The molecule has 0 aliphatic carbocycles. The number of para-hydroxylation sites is 1. The minimum Gasteiger partial charge on any atom is -0.392 e. The van der Waals surface area contributed by atoms with Gasteiger partial charge in [0.25, 0.3) is 0 Å². The molecule has 0 aliphatic heterocycles. The first-order valence-corrected chi connectivity index (χ1v) is 7.70. The van der Waals surface area contributed by atoms with Gasteiger partial charge >= 0.3 is 0 Å². The molecule has 1 amide bonds.